The van der Waals surface area contributed by atoms with Gasteiger partial charge in [-0.3, -0.25) is 9.59 Å². The van der Waals surface area contributed by atoms with E-state index in [1.165, 1.54) is 0 Å². The lowest BCUT2D eigenvalue weighted by molar-refractivity contribution is -0.134. The molecule has 0 radical (unpaired) electrons. The number of carbonyl (C=O) groups excluding carboxylic acids is 2. The van der Waals surface area contributed by atoms with Gasteiger partial charge < -0.3 is 19.5 Å². The van der Waals surface area contributed by atoms with Crippen molar-refractivity contribution < 1.29 is 18.8 Å². The lowest BCUT2D eigenvalue weighted by atomic mass is 10.1. The zero-order valence-corrected chi connectivity index (χ0v) is 15.6. The van der Waals surface area contributed by atoms with Gasteiger partial charge in [-0.25, -0.2) is 0 Å². The summed E-state index contributed by atoms with van der Waals surface area (Å²) < 4.78 is 10.6. The van der Waals surface area contributed by atoms with Crippen molar-refractivity contribution in [3.63, 3.8) is 0 Å². The molecule has 1 saturated heterocycles. The first-order valence-corrected chi connectivity index (χ1v) is 9.06. The maximum absolute atomic E-state index is 12.1. The number of likely N-dealkylation sites (tertiary alicyclic amines) is 1. The fraction of sp³-hybridized carbons (Fsp3) is 0.474. The van der Waals surface area contributed by atoms with E-state index in [4.69, 9.17) is 9.26 Å². The highest BCUT2D eigenvalue weighted by molar-refractivity contribution is 5.79. The molecule has 0 saturated carbocycles. The third-order valence-electron chi connectivity index (χ3n) is 4.60. The van der Waals surface area contributed by atoms with E-state index in [1.54, 1.807) is 19.1 Å². The molecule has 1 atom stereocenters. The van der Waals surface area contributed by atoms with Crippen LogP contribution in [0.1, 0.15) is 31.6 Å². The number of para-hydroxylation sites is 1. The molecule has 1 aliphatic heterocycles. The van der Waals surface area contributed by atoms with Crippen LogP contribution in [0.25, 0.3) is 11.4 Å². The molecule has 144 valence electrons. The molecule has 1 unspecified atom stereocenters. The van der Waals surface area contributed by atoms with Crippen LogP contribution in [0.5, 0.6) is 5.75 Å². The smallest absolute Gasteiger partial charge is 0.226 e. The number of likely N-dealkylation sites (N-methyl/N-ethyl adjacent to an activating group) is 1. The van der Waals surface area contributed by atoms with E-state index in [0.717, 1.165) is 5.56 Å². The van der Waals surface area contributed by atoms with Crippen LogP contribution >= 0.6 is 0 Å². The van der Waals surface area contributed by atoms with Gasteiger partial charge in [0.2, 0.25) is 23.5 Å². The topological polar surface area (TPSA) is 97.6 Å². The molecule has 1 aliphatic rings. The van der Waals surface area contributed by atoms with Crippen molar-refractivity contribution in [3.8, 4) is 17.1 Å². The van der Waals surface area contributed by atoms with Gasteiger partial charge in [-0.05, 0) is 25.0 Å². The van der Waals surface area contributed by atoms with Crippen LogP contribution in [0.15, 0.2) is 28.8 Å². The Bertz CT molecular complexity index is 805. The highest BCUT2D eigenvalue weighted by atomic mass is 16.5. The number of amides is 2. The van der Waals surface area contributed by atoms with Gasteiger partial charge in [0, 0.05) is 38.9 Å². The first-order valence-electron chi connectivity index (χ1n) is 9.06. The number of methoxy groups -OCH3 is 1. The van der Waals surface area contributed by atoms with Gasteiger partial charge in [-0.15, -0.1) is 0 Å². The molecule has 1 N–H and O–H groups in total. The maximum atomic E-state index is 12.1. The summed E-state index contributed by atoms with van der Waals surface area (Å²) in [6.07, 6.45) is 2.69. The molecule has 8 nitrogen and oxygen atoms in total. The molecule has 0 aliphatic carbocycles. The molecule has 1 aromatic carbocycles. The summed E-state index contributed by atoms with van der Waals surface area (Å²) in [5, 5.41) is 6.98. The van der Waals surface area contributed by atoms with Gasteiger partial charge in [0.1, 0.15) is 5.75 Å². The van der Waals surface area contributed by atoms with E-state index in [9.17, 15) is 9.59 Å². The quantitative estimate of drug-likeness (QED) is 0.796. The molecular formula is C19H24N4O4. The minimum atomic E-state index is -0.0211. The van der Waals surface area contributed by atoms with Gasteiger partial charge in [0.25, 0.3) is 0 Å². The first-order chi connectivity index (χ1) is 13.1. The van der Waals surface area contributed by atoms with E-state index in [2.05, 4.69) is 15.5 Å². The number of carbonyl (C=O) groups is 2. The van der Waals surface area contributed by atoms with E-state index >= 15 is 0 Å². The minimum absolute atomic E-state index is 0.0211. The molecule has 0 bridgehead atoms. The standard InChI is InChI=1S/C19H24N4O4/c1-23-12-13(10-11-18(23)25)20-16(24)8-5-9-17-21-19(22-27-17)14-6-3-4-7-15(14)26-2/h3-4,6-7,13H,5,8-12H2,1-2H3,(H,20,24). The summed E-state index contributed by atoms with van der Waals surface area (Å²) >= 11 is 0. The number of benzene rings is 1. The van der Waals surface area contributed by atoms with Crippen LogP contribution in [0.2, 0.25) is 0 Å². The van der Waals surface area contributed by atoms with Crippen LogP contribution in [0.4, 0.5) is 0 Å². The van der Waals surface area contributed by atoms with Crippen LogP contribution in [-0.2, 0) is 16.0 Å². The highest BCUT2D eigenvalue weighted by Crippen LogP contribution is 2.27. The monoisotopic (exact) mass is 372 g/mol. The Hall–Kier alpha value is -2.90. The Morgan fingerprint density at radius 1 is 1.41 bits per heavy atom. The number of piperidine rings is 1. The lowest BCUT2D eigenvalue weighted by Crippen LogP contribution is -2.48. The Balaban J connectivity index is 1.46. The average molecular weight is 372 g/mol. The number of rotatable bonds is 7. The van der Waals surface area contributed by atoms with Crippen molar-refractivity contribution in [1.29, 1.82) is 0 Å². The number of nitrogens with zero attached hydrogens (tertiary/aromatic N) is 3. The van der Waals surface area contributed by atoms with E-state index in [-0.39, 0.29) is 17.9 Å². The predicted octanol–water partition coefficient (Wildman–Crippen LogP) is 1.80. The molecule has 3 rings (SSSR count). The van der Waals surface area contributed by atoms with Gasteiger partial charge >= 0.3 is 0 Å². The molecule has 2 heterocycles. The second kappa shape index (κ2) is 8.66. The molecule has 8 heteroatoms. The minimum Gasteiger partial charge on any atom is -0.496 e. The van der Waals surface area contributed by atoms with Crippen LogP contribution in [0.3, 0.4) is 0 Å². The fourth-order valence-corrected chi connectivity index (χ4v) is 3.13. The first kappa shape index (κ1) is 18.9. The van der Waals surface area contributed by atoms with Crippen molar-refractivity contribution in [2.45, 2.75) is 38.1 Å². The largest absolute Gasteiger partial charge is 0.496 e. The molecule has 27 heavy (non-hydrogen) atoms. The number of hydrogen-bond acceptors (Lipinski definition) is 6. The van der Waals surface area contributed by atoms with Crippen molar-refractivity contribution in [1.82, 2.24) is 20.4 Å². The molecule has 1 aromatic heterocycles. The summed E-state index contributed by atoms with van der Waals surface area (Å²) in [7, 11) is 3.36. The summed E-state index contributed by atoms with van der Waals surface area (Å²) in [5.74, 6) is 1.75. The zero-order valence-electron chi connectivity index (χ0n) is 15.6. The van der Waals surface area contributed by atoms with Crippen molar-refractivity contribution in [2.75, 3.05) is 20.7 Å². The summed E-state index contributed by atoms with van der Waals surface area (Å²) in [5.41, 5.74) is 0.767. The van der Waals surface area contributed by atoms with Gasteiger partial charge in [-0.1, -0.05) is 17.3 Å². The normalized spacial score (nSPS) is 17.0. The Labute approximate surface area is 157 Å². The summed E-state index contributed by atoms with van der Waals surface area (Å²) in [4.78, 5) is 29.6. The summed E-state index contributed by atoms with van der Waals surface area (Å²) in [6, 6.07) is 7.50. The zero-order chi connectivity index (χ0) is 19.2. The number of aromatic nitrogens is 2. The maximum Gasteiger partial charge on any atom is 0.226 e. The van der Waals surface area contributed by atoms with Gasteiger partial charge in [0.05, 0.1) is 12.7 Å². The molecule has 0 spiro atoms. The predicted molar refractivity (Wildman–Crippen MR) is 98.0 cm³/mol. The number of ether oxygens (including phenoxy) is 1. The third kappa shape index (κ3) is 4.84. The van der Waals surface area contributed by atoms with Gasteiger partial charge in [0.15, 0.2) is 0 Å². The van der Waals surface area contributed by atoms with Gasteiger partial charge in [-0.2, -0.15) is 4.98 Å². The van der Waals surface area contributed by atoms with Crippen LogP contribution in [-0.4, -0.2) is 53.6 Å². The average Bonchev–Trinajstić information content (AvgIpc) is 3.13. The van der Waals surface area contributed by atoms with E-state index in [0.29, 0.717) is 56.1 Å². The Morgan fingerprint density at radius 2 is 2.22 bits per heavy atom. The molecule has 2 aromatic rings. The van der Waals surface area contributed by atoms with Crippen molar-refractivity contribution in [2.24, 2.45) is 0 Å². The second-order valence-electron chi connectivity index (χ2n) is 6.64. The van der Waals surface area contributed by atoms with E-state index in [1.807, 2.05) is 24.3 Å². The molecule has 2 amide bonds. The highest BCUT2D eigenvalue weighted by Gasteiger charge is 2.23. The van der Waals surface area contributed by atoms with E-state index < -0.39 is 0 Å². The molecule has 1 fully saturated rings. The Morgan fingerprint density at radius 3 is 3.00 bits per heavy atom. The Kier molecular flexibility index (Phi) is 6.05. The van der Waals surface area contributed by atoms with Crippen molar-refractivity contribution in [3.05, 3.63) is 30.2 Å². The third-order valence-corrected chi connectivity index (χ3v) is 4.60. The lowest BCUT2D eigenvalue weighted by Gasteiger charge is -2.30. The second-order valence-corrected chi connectivity index (χ2v) is 6.64. The van der Waals surface area contributed by atoms with Crippen molar-refractivity contribution >= 4 is 11.8 Å². The van der Waals surface area contributed by atoms with Crippen LogP contribution in [0, 0.1) is 0 Å². The molecular weight excluding hydrogens is 348 g/mol. The number of hydrogen-bond donors (Lipinski definition) is 1. The summed E-state index contributed by atoms with van der Waals surface area (Å²) in [6.45, 7) is 0.566. The fourth-order valence-electron chi connectivity index (χ4n) is 3.13. The van der Waals surface area contributed by atoms with Crippen LogP contribution < -0.4 is 10.1 Å². The number of nitrogens with one attached hydrogen (secondary N) is 1. The SMILES string of the molecule is COc1ccccc1-c1noc(CCCC(=O)NC2CCC(=O)N(C)C2)n1. The number of aryl methyl sites for hydroxylation is 1.